The first kappa shape index (κ1) is 22.0. The molecule has 0 aliphatic heterocycles. The molecule has 150 valence electrons. The Hall–Kier alpha value is -2.34. The highest BCUT2D eigenvalue weighted by Gasteiger charge is 2.25. The summed E-state index contributed by atoms with van der Waals surface area (Å²) in [4.78, 5) is 26.6. The number of nitrogens with one attached hydrogen (secondary N) is 1. The van der Waals surface area contributed by atoms with Gasteiger partial charge in [-0.15, -0.1) is 0 Å². The third kappa shape index (κ3) is 5.58. The van der Waals surface area contributed by atoms with Gasteiger partial charge >= 0.3 is 0 Å². The third-order valence-electron chi connectivity index (χ3n) is 4.66. The number of hydrogen-bond donors (Lipinski definition) is 1. The van der Waals surface area contributed by atoms with Gasteiger partial charge in [-0.25, -0.2) is 0 Å². The van der Waals surface area contributed by atoms with E-state index >= 15 is 0 Å². The van der Waals surface area contributed by atoms with Crippen LogP contribution in [0.2, 0.25) is 0 Å². The van der Waals surface area contributed by atoms with Gasteiger partial charge in [0.1, 0.15) is 11.8 Å². The molecule has 0 unspecified atom stereocenters. The summed E-state index contributed by atoms with van der Waals surface area (Å²) in [5, 5.41) is 2.61. The summed E-state index contributed by atoms with van der Waals surface area (Å²) in [6.45, 7) is 7.89. The van der Waals surface area contributed by atoms with Gasteiger partial charge in [-0.2, -0.15) is 0 Å². The number of rotatable bonds is 7. The molecule has 0 bridgehead atoms. The fourth-order valence-electron chi connectivity index (χ4n) is 2.90. The smallest absolute Gasteiger partial charge is 0.261 e. The molecule has 0 saturated heterocycles. The molecule has 0 spiro atoms. The number of carbonyl (C=O) groups excluding carboxylic acids is 2. The summed E-state index contributed by atoms with van der Waals surface area (Å²) in [6.07, 6.45) is 0. The fraction of sp³-hybridized carbons (Fsp3) is 0.364. The predicted molar refractivity (Wildman–Crippen MR) is 114 cm³/mol. The van der Waals surface area contributed by atoms with E-state index in [1.807, 2.05) is 57.2 Å². The van der Waals surface area contributed by atoms with Gasteiger partial charge in [-0.05, 0) is 56.5 Å². The molecule has 0 saturated carbocycles. The SMILES string of the molecule is CNC(=O)[C@@H](C)N(Cc1ccc(C)cc1)C(=O)COc1cc(C)c(Br)c(C)c1. The van der Waals surface area contributed by atoms with Crippen LogP contribution in [0.1, 0.15) is 29.2 Å². The maximum absolute atomic E-state index is 12.9. The van der Waals surface area contributed by atoms with Crippen LogP contribution >= 0.6 is 15.9 Å². The summed E-state index contributed by atoms with van der Waals surface area (Å²) >= 11 is 3.53. The molecule has 0 heterocycles. The minimum absolute atomic E-state index is 0.131. The van der Waals surface area contributed by atoms with Crippen molar-refractivity contribution in [2.24, 2.45) is 0 Å². The molecule has 2 rings (SSSR count). The van der Waals surface area contributed by atoms with Gasteiger partial charge in [0.25, 0.3) is 5.91 Å². The summed E-state index contributed by atoms with van der Waals surface area (Å²) in [6, 6.07) is 11.1. The Balaban J connectivity index is 2.16. The van der Waals surface area contributed by atoms with Gasteiger partial charge < -0.3 is 15.0 Å². The summed E-state index contributed by atoms with van der Waals surface area (Å²) in [7, 11) is 1.57. The van der Waals surface area contributed by atoms with Gasteiger partial charge in [0.2, 0.25) is 5.91 Å². The van der Waals surface area contributed by atoms with Gasteiger partial charge in [0.05, 0.1) is 0 Å². The molecule has 0 aliphatic rings. The van der Waals surface area contributed by atoms with Crippen molar-refractivity contribution in [1.29, 1.82) is 0 Å². The summed E-state index contributed by atoms with van der Waals surface area (Å²) in [5.74, 6) is 0.181. The zero-order valence-corrected chi connectivity index (χ0v) is 18.6. The van der Waals surface area contributed by atoms with Gasteiger partial charge in [0.15, 0.2) is 6.61 Å². The minimum Gasteiger partial charge on any atom is -0.484 e. The van der Waals surface area contributed by atoms with Crippen LogP contribution in [0.5, 0.6) is 5.75 Å². The molecule has 28 heavy (non-hydrogen) atoms. The Kier molecular flexibility index (Phi) is 7.63. The first-order valence-corrected chi connectivity index (χ1v) is 9.98. The summed E-state index contributed by atoms with van der Waals surface area (Å²) in [5.41, 5.74) is 4.19. The van der Waals surface area contributed by atoms with Crippen LogP contribution < -0.4 is 10.1 Å². The molecule has 2 aromatic carbocycles. The number of aryl methyl sites for hydroxylation is 3. The van der Waals surface area contributed by atoms with Crippen molar-refractivity contribution in [3.05, 3.63) is 63.1 Å². The van der Waals surface area contributed by atoms with Gasteiger partial charge in [0, 0.05) is 18.1 Å². The third-order valence-corrected chi connectivity index (χ3v) is 5.91. The Labute approximate surface area is 175 Å². The highest BCUT2D eigenvalue weighted by Crippen LogP contribution is 2.26. The highest BCUT2D eigenvalue weighted by molar-refractivity contribution is 9.10. The molecule has 0 radical (unpaired) electrons. The predicted octanol–water partition coefficient (Wildman–Crippen LogP) is 3.92. The number of halogens is 1. The van der Waals surface area contributed by atoms with E-state index in [9.17, 15) is 9.59 Å². The topological polar surface area (TPSA) is 58.6 Å². The van der Waals surface area contributed by atoms with Crippen LogP contribution in [0.3, 0.4) is 0 Å². The quantitative estimate of drug-likeness (QED) is 0.700. The number of amides is 2. The zero-order valence-electron chi connectivity index (χ0n) is 17.0. The lowest BCUT2D eigenvalue weighted by Crippen LogP contribution is -2.48. The van der Waals surface area contributed by atoms with Crippen LogP contribution in [0.15, 0.2) is 40.9 Å². The van der Waals surface area contributed by atoms with Crippen LogP contribution in [0, 0.1) is 20.8 Å². The van der Waals surface area contributed by atoms with E-state index in [1.165, 1.54) is 0 Å². The van der Waals surface area contributed by atoms with Crippen LogP contribution in [-0.2, 0) is 16.1 Å². The van der Waals surface area contributed by atoms with Gasteiger partial charge in [-0.3, -0.25) is 9.59 Å². The maximum atomic E-state index is 12.9. The molecule has 0 fully saturated rings. The molecule has 0 aliphatic carbocycles. The number of likely N-dealkylation sites (N-methyl/N-ethyl adjacent to an activating group) is 1. The first-order valence-electron chi connectivity index (χ1n) is 9.19. The summed E-state index contributed by atoms with van der Waals surface area (Å²) < 4.78 is 6.77. The monoisotopic (exact) mass is 446 g/mol. The Bertz CT molecular complexity index is 826. The van der Waals surface area contributed by atoms with E-state index in [2.05, 4.69) is 21.2 Å². The standard InChI is InChI=1S/C22H27BrN2O3/c1-14-6-8-18(9-7-14)12-25(17(4)22(27)24-5)20(26)13-28-19-10-15(2)21(23)16(3)11-19/h6-11,17H,12-13H2,1-5H3,(H,24,27)/t17-/m1/s1. The lowest BCUT2D eigenvalue weighted by Gasteiger charge is -2.28. The largest absolute Gasteiger partial charge is 0.484 e. The second-order valence-corrected chi connectivity index (χ2v) is 7.75. The molecule has 2 aromatic rings. The fourth-order valence-corrected chi connectivity index (χ4v) is 3.13. The molecule has 2 amide bonds. The van der Waals surface area contributed by atoms with Crippen LogP contribution in [-0.4, -0.2) is 36.4 Å². The van der Waals surface area contributed by atoms with Crippen LogP contribution in [0.25, 0.3) is 0 Å². The molecule has 1 atom stereocenters. The van der Waals surface area contributed by atoms with Crippen LogP contribution in [0.4, 0.5) is 0 Å². The number of carbonyl (C=O) groups is 2. The minimum atomic E-state index is -0.601. The second-order valence-electron chi connectivity index (χ2n) is 6.96. The highest BCUT2D eigenvalue weighted by atomic mass is 79.9. The molecule has 0 aromatic heterocycles. The van der Waals surface area contributed by atoms with Crippen molar-refractivity contribution in [2.45, 2.75) is 40.3 Å². The molecule has 6 heteroatoms. The molecule has 5 nitrogen and oxygen atoms in total. The van der Waals surface area contributed by atoms with Crippen molar-refractivity contribution < 1.29 is 14.3 Å². The molecular weight excluding hydrogens is 420 g/mol. The van der Waals surface area contributed by atoms with E-state index in [-0.39, 0.29) is 18.4 Å². The number of hydrogen-bond acceptors (Lipinski definition) is 3. The Morgan fingerprint density at radius 1 is 1.11 bits per heavy atom. The maximum Gasteiger partial charge on any atom is 0.261 e. The second kappa shape index (κ2) is 9.73. The van der Waals surface area contributed by atoms with E-state index < -0.39 is 6.04 Å². The van der Waals surface area contributed by atoms with Crippen molar-refractivity contribution >= 4 is 27.7 Å². The lowest BCUT2D eigenvalue weighted by atomic mass is 10.1. The average Bonchev–Trinajstić information content (AvgIpc) is 2.68. The van der Waals surface area contributed by atoms with E-state index in [0.29, 0.717) is 12.3 Å². The van der Waals surface area contributed by atoms with E-state index in [4.69, 9.17) is 4.74 Å². The molecular formula is C22H27BrN2O3. The van der Waals surface area contributed by atoms with Crippen molar-refractivity contribution in [3.8, 4) is 5.75 Å². The normalized spacial score (nSPS) is 11.6. The van der Waals surface area contributed by atoms with Gasteiger partial charge in [-0.1, -0.05) is 45.8 Å². The Morgan fingerprint density at radius 2 is 1.68 bits per heavy atom. The number of nitrogens with zero attached hydrogens (tertiary/aromatic N) is 1. The molecule has 1 N–H and O–H groups in total. The van der Waals surface area contributed by atoms with E-state index in [1.54, 1.807) is 18.9 Å². The van der Waals surface area contributed by atoms with Crippen molar-refractivity contribution in [2.75, 3.05) is 13.7 Å². The van der Waals surface area contributed by atoms with E-state index in [0.717, 1.165) is 26.7 Å². The lowest BCUT2D eigenvalue weighted by molar-refractivity contribution is -0.142. The average molecular weight is 447 g/mol. The first-order chi connectivity index (χ1) is 13.2. The Morgan fingerprint density at radius 3 is 2.21 bits per heavy atom. The zero-order chi connectivity index (χ0) is 20.8. The van der Waals surface area contributed by atoms with Crippen molar-refractivity contribution in [1.82, 2.24) is 10.2 Å². The number of benzene rings is 2. The van der Waals surface area contributed by atoms with Crippen molar-refractivity contribution in [3.63, 3.8) is 0 Å². The number of ether oxygens (including phenoxy) is 1.